The third-order valence-electron chi connectivity index (χ3n) is 4.01. The van der Waals surface area contributed by atoms with Gasteiger partial charge in [0.25, 0.3) is 5.91 Å². The van der Waals surface area contributed by atoms with Crippen LogP contribution in [0.4, 0.5) is 15.8 Å². The standard InChI is InChI=1S/C18H18BrFN4O3/c1-10-3-4-14(13(20)7-10)22-15-11-8-21-9-12(19)16(11)24(2)17(15)18(26)23-27-6-5-25/h3-4,7-9,22,25H,5-6H2,1-2H3,(H,23,26). The van der Waals surface area contributed by atoms with E-state index in [2.05, 4.69) is 31.7 Å². The smallest absolute Gasteiger partial charge is 0.293 e. The van der Waals surface area contributed by atoms with Gasteiger partial charge in [-0.1, -0.05) is 6.07 Å². The molecular weight excluding hydrogens is 419 g/mol. The van der Waals surface area contributed by atoms with Gasteiger partial charge < -0.3 is 15.0 Å². The summed E-state index contributed by atoms with van der Waals surface area (Å²) in [6.07, 6.45) is 3.21. The number of nitrogens with zero attached hydrogens (tertiary/aromatic N) is 2. The van der Waals surface area contributed by atoms with Crippen molar-refractivity contribution in [2.24, 2.45) is 7.05 Å². The Morgan fingerprint density at radius 2 is 2.19 bits per heavy atom. The van der Waals surface area contributed by atoms with E-state index in [4.69, 9.17) is 9.94 Å². The topological polar surface area (TPSA) is 88.4 Å². The van der Waals surface area contributed by atoms with Crippen LogP contribution in [-0.4, -0.2) is 33.8 Å². The zero-order valence-corrected chi connectivity index (χ0v) is 16.3. The molecule has 0 saturated carbocycles. The molecule has 3 aromatic rings. The number of nitrogens with one attached hydrogen (secondary N) is 2. The Morgan fingerprint density at radius 3 is 2.89 bits per heavy atom. The van der Waals surface area contributed by atoms with Gasteiger partial charge in [-0.3, -0.25) is 14.6 Å². The summed E-state index contributed by atoms with van der Waals surface area (Å²) in [5.74, 6) is -0.970. The van der Waals surface area contributed by atoms with Gasteiger partial charge in [0.15, 0.2) is 0 Å². The number of hydroxylamine groups is 1. The summed E-state index contributed by atoms with van der Waals surface area (Å²) >= 11 is 3.44. The van der Waals surface area contributed by atoms with Crippen LogP contribution in [0.5, 0.6) is 0 Å². The third-order valence-corrected chi connectivity index (χ3v) is 4.59. The summed E-state index contributed by atoms with van der Waals surface area (Å²) in [7, 11) is 1.71. The number of hydrogen-bond donors (Lipinski definition) is 3. The van der Waals surface area contributed by atoms with Gasteiger partial charge in [-0.15, -0.1) is 0 Å². The van der Waals surface area contributed by atoms with E-state index in [1.165, 1.54) is 6.07 Å². The average Bonchev–Trinajstić information content (AvgIpc) is 2.91. The number of anilines is 2. The molecule has 1 aromatic carbocycles. The predicted molar refractivity (Wildman–Crippen MR) is 103 cm³/mol. The van der Waals surface area contributed by atoms with Crippen molar-refractivity contribution in [3.05, 3.63) is 52.1 Å². The molecule has 3 N–H and O–H groups in total. The highest BCUT2D eigenvalue weighted by Crippen LogP contribution is 2.36. The number of aliphatic hydroxyl groups excluding tert-OH is 1. The summed E-state index contributed by atoms with van der Waals surface area (Å²) in [6.45, 7) is 1.52. The van der Waals surface area contributed by atoms with Crippen LogP contribution in [0.3, 0.4) is 0 Å². The first-order valence-electron chi connectivity index (χ1n) is 8.12. The fraction of sp³-hybridized carbons (Fsp3) is 0.222. The molecule has 0 unspecified atom stereocenters. The zero-order chi connectivity index (χ0) is 19.6. The zero-order valence-electron chi connectivity index (χ0n) is 14.7. The lowest BCUT2D eigenvalue weighted by Crippen LogP contribution is -2.27. The lowest BCUT2D eigenvalue weighted by Gasteiger charge is -2.11. The first-order chi connectivity index (χ1) is 12.9. The number of amides is 1. The van der Waals surface area contributed by atoms with Crippen LogP contribution < -0.4 is 10.8 Å². The lowest BCUT2D eigenvalue weighted by atomic mass is 10.2. The van der Waals surface area contributed by atoms with Crippen LogP contribution in [0, 0.1) is 12.7 Å². The number of hydrogen-bond acceptors (Lipinski definition) is 5. The molecule has 27 heavy (non-hydrogen) atoms. The molecule has 3 rings (SSSR count). The Kier molecular flexibility index (Phi) is 5.73. The van der Waals surface area contributed by atoms with E-state index in [1.54, 1.807) is 43.1 Å². The van der Waals surface area contributed by atoms with Gasteiger partial charge in [0.2, 0.25) is 0 Å². The molecule has 0 aliphatic heterocycles. The minimum absolute atomic E-state index is 0.0454. The monoisotopic (exact) mass is 436 g/mol. The first kappa shape index (κ1) is 19.3. The number of benzene rings is 1. The first-order valence-corrected chi connectivity index (χ1v) is 8.91. The van der Waals surface area contributed by atoms with Gasteiger partial charge in [-0.25, -0.2) is 9.87 Å². The number of rotatable bonds is 6. The van der Waals surface area contributed by atoms with Gasteiger partial charge in [-0.05, 0) is 40.5 Å². The molecule has 0 spiro atoms. The molecule has 0 atom stereocenters. The van der Waals surface area contributed by atoms with E-state index in [1.807, 2.05) is 0 Å². The Labute approximate surface area is 163 Å². The SMILES string of the molecule is Cc1ccc(Nc2c(C(=O)NOCCO)n(C)c3c(Br)cncc23)c(F)c1. The molecule has 0 fully saturated rings. The summed E-state index contributed by atoms with van der Waals surface area (Å²) in [4.78, 5) is 21.7. The van der Waals surface area contributed by atoms with Crippen LogP contribution >= 0.6 is 15.9 Å². The molecular formula is C18H18BrFN4O3. The molecule has 0 saturated heterocycles. The normalized spacial score (nSPS) is 11.0. The molecule has 7 nitrogen and oxygen atoms in total. The third kappa shape index (κ3) is 3.80. The largest absolute Gasteiger partial charge is 0.394 e. The van der Waals surface area contributed by atoms with Crippen LogP contribution in [0.15, 0.2) is 35.1 Å². The van der Waals surface area contributed by atoms with Gasteiger partial charge >= 0.3 is 0 Å². The number of carbonyl (C=O) groups is 1. The van der Waals surface area contributed by atoms with E-state index < -0.39 is 11.7 Å². The molecule has 0 aliphatic carbocycles. The minimum atomic E-state index is -0.538. The Balaban J connectivity index is 2.12. The van der Waals surface area contributed by atoms with Gasteiger partial charge in [0.05, 0.1) is 34.6 Å². The fourth-order valence-corrected chi connectivity index (χ4v) is 3.42. The maximum absolute atomic E-state index is 14.4. The number of aryl methyl sites for hydroxylation is 2. The van der Waals surface area contributed by atoms with E-state index in [0.717, 1.165) is 5.56 Å². The number of fused-ring (bicyclic) bond motifs is 1. The molecule has 0 bridgehead atoms. The molecule has 2 heterocycles. The highest BCUT2D eigenvalue weighted by atomic mass is 79.9. The second-order valence-corrected chi connectivity index (χ2v) is 6.77. The van der Waals surface area contributed by atoms with Crippen molar-refractivity contribution >= 4 is 44.1 Å². The molecule has 2 aromatic heterocycles. The van der Waals surface area contributed by atoms with Crippen molar-refractivity contribution in [3.63, 3.8) is 0 Å². The van der Waals surface area contributed by atoms with E-state index >= 15 is 0 Å². The van der Waals surface area contributed by atoms with Crippen molar-refractivity contribution in [2.75, 3.05) is 18.5 Å². The number of pyridine rings is 1. The summed E-state index contributed by atoms with van der Waals surface area (Å²) in [6, 6.07) is 4.79. The number of halogens is 2. The average molecular weight is 437 g/mol. The minimum Gasteiger partial charge on any atom is -0.394 e. The highest BCUT2D eigenvalue weighted by molar-refractivity contribution is 9.10. The molecule has 9 heteroatoms. The van der Waals surface area contributed by atoms with Gasteiger partial charge in [0, 0.05) is 24.8 Å². The van der Waals surface area contributed by atoms with Crippen molar-refractivity contribution in [1.82, 2.24) is 15.0 Å². The second kappa shape index (κ2) is 8.03. The van der Waals surface area contributed by atoms with Crippen molar-refractivity contribution in [2.45, 2.75) is 6.92 Å². The predicted octanol–water partition coefficient (Wildman–Crippen LogP) is 3.18. The maximum atomic E-state index is 14.4. The molecule has 0 aliphatic rings. The number of aliphatic hydroxyl groups is 1. The summed E-state index contributed by atoms with van der Waals surface area (Å²) in [5.41, 5.74) is 4.65. The molecule has 142 valence electrons. The number of carbonyl (C=O) groups excluding carboxylic acids is 1. The van der Waals surface area contributed by atoms with E-state index in [9.17, 15) is 9.18 Å². The Morgan fingerprint density at radius 1 is 1.41 bits per heavy atom. The van der Waals surface area contributed by atoms with Crippen molar-refractivity contribution < 1.29 is 19.1 Å². The van der Waals surface area contributed by atoms with Gasteiger partial charge in [0.1, 0.15) is 11.5 Å². The van der Waals surface area contributed by atoms with Crippen LogP contribution in [0.2, 0.25) is 0 Å². The fourth-order valence-electron chi connectivity index (χ4n) is 2.82. The van der Waals surface area contributed by atoms with Crippen molar-refractivity contribution in [1.29, 1.82) is 0 Å². The lowest BCUT2D eigenvalue weighted by molar-refractivity contribution is 0.0163. The Bertz CT molecular complexity index is 1010. The Hall–Kier alpha value is -2.49. The van der Waals surface area contributed by atoms with Crippen LogP contribution in [0.1, 0.15) is 16.1 Å². The number of aromatic nitrogens is 2. The van der Waals surface area contributed by atoms with Crippen LogP contribution in [-0.2, 0) is 11.9 Å². The van der Waals surface area contributed by atoms with E-state index in [-0.39, 0.29) is 24.6 Å². The van der Waals surface area contributed by atoms with Crippen molar-refractivity contribution in [3.8, 4) is 0 Å². The summed E-state index contributed by atoms with van der Waals surface area (Å²) < 4.78 is 16.7. The molecule has 0 radical (unpaired) electrons. The summed E-state index contributed by atoms with van der Waals surface area (Å²) in [5, 5.41) is 12.5. The van der Waals surface area contributed by atoms with Crippen LogP contribution in [0.25, 0.3) is 10.9 Å². The molecule has 1 amide bonds. The van der Waals surface area contributed by atoms with E-state index in [0.29, 0.717) is 21.1 Å². The maximum Gasteiger partial charge on any atom is 0.293 e. The highest BCUT2D eigenvalue weighted by Gasteiger charge is 2.24. The second-order valence-electron chi connectivity index (χ2n) is 5.91. The van der Waals surface area contributed by atoms with Gasteiger partial charge in [-0.2, -0.15) is 0 Å². The quantitative estimate of drug-likeness (QED) is 0.407.